The first-order chi connectivity index (χ1) is 13.5. The van der Waals surface area contributed by atoms with Crippen LogP contribution in [-0.2, 0) is 14.3 Å². The Kier molecular flexibility index (Phi) is 7.06. The minimum Gasteiger partial charge on any atom is -0.482 e. The van der Waals surface area contributed by atoms with Gasteiger partial charge in [0.05, 0.1) is 11.7 Å². The molecule has 1 aliphatic heterocycles. The number of hydrogen-bond acceptors (Lipinski definition) is 6. The van der Waals surface area contributed by atoms with Gasteiger partial charge in [-0.05, 0) is 61.7 Å². The first-order valence-corrected chi connectivity index (χ1v) is 9.79. The summed E-state index contributed by atoms with van der Waals surface area (Å²) in [6.45, 7) is 2.62. The maximum Gasteiger partial charge on any atom is 0.349 e. The first-order valence-electron chi connectivity index (χ1n) is 8.99. The summed E-state index contributed by atoms with van der Waals surface area (Å²) in [4.78, 5) is 24.2. The molecule has 1 unspecified atom stereocenters. The molecule has 1 fully saturated rings. The molecule has 0 radical (unpaired) electrons. The molecule has 0 amide bonds. The van der Waals surface area contributed by atoms with Crippen LogP contribution in [0.3, 0.4) is 0 Å². The number of carbonyl (C=O) groups excluding carboxylic acids is 2. The van der Waals surface area contributed by atoms with Gasteiger partial charge in [0.25, 0.3) is 0 Å². The lowest BCUT2D eigenvalue weighted by molar-refractivity contribution is -0.136. The quantitative estimate of drug-likeness (QED) is 0.469. The van der Waals surface area contributed by atoms with Crippen molar-refractivity contribution in [2.75, 3.05) is 19.8 Å². The zero-order chi connectivity index (χ0) is 19.9. The fourth-order valence-corrected chi connectivity index (χ4v) is 2.97. The van der Waals surface area contributed by atoms with Gasteiger partial charge >= 0.3 is 11.9 Å². The monoisotopic (exact) mass is 448 g/mol. The average molecular weight is 449 g/mol. The number of hydrogen-bond donors (Lipinski definition) is 0. The second-order valence-corrected chi connectivity index (χ2v) is 7.29. The van der Waals surface area contributed by atoms with E-state index in [1.54, 1.807) is 24.3 Å². The Hall–Kier alpha value is -2.38. The highest BCUT2D eigenvalue weighted by molar-refractivity contribution is 9.10. The van der Waals surface area contributed by atoms with Crippen molar-refractivity contribution in [3.63, 3.8) is 0 Å². The lowest BCUT2D eigenvalue weighted by Crippen LogP contribution is -2.19. The van der Waals surface area contributed by atoms with Gasteiger partial charge < -0.3 is 18.9 Å². The zero-order valence-corrected chi connectivity index (χ0v) is 17.1. The third-order valence-electron chi connectivity index (χ3n) is 4.21. The molecule has 6 nitrogen and oxygen atoms in total. The van der Waals surface area contributed by atoms with E-state index < -0.39 is 11.9 Å². The molecule has 2 aromatic carbocycles. The molecule has 0 saturated carbocycles. The van der Waals surface area contributed by atoms with Crippen LogP contribution in [0.15, 0.2) is 46.9 Å². The van der Waals surface area contributed by atoms with Crippen LogP contribution in [0.4, 0.5) is 0 Å². The molecule has 2 aromatic rings. The maximum atomic E-state index is 12.2. The summed E-state index contributed by atoms with van der Waals surface area (Å²) in [6.07, 6.45) is 1.84. The summed E-state index contributed by atoms with van der Waals surface area (Å²) in [5, 5.41) is 0. The van der Waals surface area contributed by atoms with Gasteiger partial charge in [-0.15, -0.1) is 0 Å². The number of benzene rings is 2. The molecule has 0 aromatic heterocycles. The fraction of sp³-hybridized carbons (Fsp3) is 0.333. The van der Waals surface area contributed by atoms with Gasteiger partial charge in [0.1, 0.15) is 18.1 Å². The van der Waals surface area contributed by atoms with Crippen molar-refractivity contribution in [2.45, 2.75) is 25.9 Å². The molecule has 28 heavy (non-hydrogen) atoms. The van der Waals surface area contributed by atoms with Gasteiger partial charge in [0, 0.05) is 11.1 Å². The van der Waals surface area contributed by atoms with Crippen LogP contribution in [0, 0.1) is 6.92 Å². The Morgan fingerprint density at radius 1 is 1.18 bits per heavy atom. The first kappa shape index (κ1) is 20.4. The molecule has 0 aliphatic carbocycles. The van der Waals surface area contributed by atoms with Crippen LogP contribution in [0.1, 0.15) is 28.8 Å². The predicted octanol–water partition coefficient (Wildman–Crippen LogP) is 4.08. The van der Waals surface area contributed by atoms with Crippen LogP contribution >= 0.6 is 15.9 Å². The van der Waals surface area contributed by atoms with E-state index >= 15 is 0 Å². The number of rotatable bonds is 7. The predicted molar refractivity (Wildman–Crippen MR) is 106 cm³/mol. The molecule has 7 heteroatoms. The highest BCUT2D eigenvalue weighted by Crippen LogP contribution is 2.22. The molecule has 1 heterocycles. The highest BCUT2D eigenvalue weighted by atomic mass is 79.9. The maximum absolute atomic E-state index is 12.2. The molecule has 0 N–H and O–H groups in total. The number of halogens is 1. The lowest BCUT2D eigenvalue weighted by atomic mass is 10.2. The molecule has 0 bridgehead atoms. The molecule has 148 valence electrons. The van der Waals surface area contributed by atoms with Crippen molar-refractivity contribution >= 4 is 27.9 Å². The van der Waals surface area contributed by atoms with E-state index in [1.807, 2.05) is 19.1 Å². The van der Waals surface area contributed by atoms with Crippen molar-refractivity contribution < 1.29 is 28.5 Å². The largest absolute Gasteiger partial charge is 0.482 e. The van der Waals surface area contributed by atoms with Gasteiger partial charge in [0.2, 0.25) is 0 Å². The third kappa shape index (κ3) is 5.81. The Morgan fingerprint density at radius 2 is 2.04 bits per heavy atom. The Bertz CT molecular complexity index is 845. The van der Waals surface area contributed by atoms with Crippen molar-refractivity contribution in [3.8, 4) is 11.5 Å². The third-order valence-corrected chi connectivity index (χ3v) is 5.10. The van der Waals surface area contributed by atoms with E-state index in [1.165, 1.54) is 6.07 Å². The second-order valence-electron chi connectivity index (χ2n) is 6.44. The Morgan fingerprint density at radius 3 is 2.79 bits per heavy atom. The highest BCUT2D eigenvalue weighted by Gasteiger charge is 2.18. The summed E-state index contributed by atoms with van der Waals surface area (Å²) in [7, 11) is 0. The van der Waals surface area contributed by atoms with Gasteiger partial charge in [-0.3, -0.25) is 0 Å². The standard InChI is InChI=1S/C21H21BrO6/c1-14-10-16(7-8-19(14)22)26-13-20(23)28-17-5-2-4-15(11-17)21(24)27-12-18-6-3-9-25-18/h2,4-5,7-8,10-11,18H,3,6,9,12-13H2,1H3. The molecular formula is C21H21BrO6. The van der Waals surface area contributed by atoms with Crippen molar-refractivity contribution in [3.05, 3.63) is 58.1 Å². The summed E-state index contributed by atoms with van der Waals surface area (Å²) in [6, 6.07) is 11.7. The van der Waals surface area contributed by atoms with Crippen LogP contribution in [-0.4, -0.2) is 37.9 Å². The number of aryl methyl sites for hydroxylation is 1. The van der Waals surface area contributed by atoms with Gasteiger partial charge in [0.15, 0.2) is 6.61 Å². The van der Waals surface area contributed by atoms with Crippen molar-refractivity contribution in [1.82, 2.24) is 0 Å². The minimum atomic E-state index is -0.564. The van der Waals surface area contributed by atoms with Gasteiger partial charge in [-0.25, -0.2) is 9.59 Å². The SMILES string of the molecule is Cc1cc(OCC(=O)Oc2cccc(C(=O)OCC3CCCO3)c2)ccc1Br. The van der Waals surface area contributed by atoms with Crippen LogP contribution in [0.25, 0.3) is 0 Å². The molecule has 0 spiro atoms. The van der Waals surface area contributed by atoms with E-state index in [2.05, 4.69) is 15.9 Å². The van der Waals surface area contributed by atoms with E-state index in [0.717, 1.165) is 22.9 Å². The van der Waals surface area contributed by atoms with Crippen molar-refractivity contribution in [1.29, 1.82) is 0 Å². The topological polar surface area (TPSA) is 71.1 Å². The molecule has 1 aliphatic rings. The summed E-state index contributed by atoms with van der Waals surface area (Å²) < 4.78 is 22.4. The molecule has 1 saturated heterocycles. The number of ether oxygens (including phenoxy) is 4. The van der Waals surface area contributed by atoms with Gasteiger partial charge in [-0.1, -0.05) is 22.0 Å². The van der Waals surface area contributed by atoms with E-state index in [4.69, 9.17) is 18.9 Å². The summed E-state index contributed by atoms with van der Waals surface area (Å²) in [5.41, 5.74) is 1.31. The second kappa shape index (κ2) is 9.71. The Balaban J connectivity index is 1.50. The average Bonchev–Trinajstić information content (AvgIpc) is 3.21. The van der Waals surface area contributed by atoms with Crippen LogP contribution < -0.4 is 9.47 Å². The van der Waals surface area contributed by atoms with Crippen molar-refractivity contribution in [2.24, 2.45) is 0 Å². The van der Waals surface area contributed by atoms with E-state index in [-0.39, 0.29) is 25.1 Å². The van der Waals surface area contributed by atoms with Crippen LogP contribution in [0.5, 0.6) is 11.5 Å². The fourth-order valence-electron chi connectivity index (χ4n) is 2.72. The van der Waals surface area contributed by atoms with E-state index in [9.17, 15) is 9.59 Å². The summed E-state index contributed by atoms with van der Waals surface area (Å²) >= 11 is 3.41. The molecule has 1 atom stereocenters. The smallest absolute Gasteiger partial charge is 0.349 e. The Labute approximate surface area is 171 Å². The summed E-state index contributed by atoms with van der Waals surface area (Å²) in [5.74, 6) is -0.211. The normalized spacial score (nSPS) is 15.9. The lowest BCUT2D eigenvalue weighted by Gasteiger charge is -2.11. The molecule has 3 rings (SSSR count). The molecular weight excluding hydrogens is 428 g/mol. The van der Waals surface area contributed by atoms with E-state index in [0.29, 0.717) is 17.9 Å². The van der Waals surface area contributed by atoms with Gasteiger partial charge in [-0.2, -0.15) is 0 Å². The number of carbonyl (C=O) groups is 2. The zero-order valence-electron chi connectivity index (χ0n) is 15.5. The minimum absolute atomic E-state index is 0.0376. The number of esters is 2. The van der Waals surface area contributed by atoms with Crippen LogP contribution in [0.2, 0.25) is 0 Å².